The predicted octanol–water partition coefficient (Wildman–Crippen LogP) is 2.75. The Hall–Kier alpha value is -2.59. The van der Waals surface area contributed by atoms with Gasteiger partial charge in [-0.1, -0.05) is 17.7 Å². The monoisotopic (exact) mass is 329 g/mol. The summed E-state index contributed by atoms with van der Waals surface area (Å²) >= 11 is 0.995. The van der Waals surface area contributed by atoms with Crippen molar-refractivity contribution in [3.05, 3.63) is 40.4 Å². The van der Waals surface area contributed by atoms with Crippen LogP contribution in [-0.2, 0) is 14.3 Å². The molecule has 6 nitrogen and oxygen atoms in total. The summed E-state index contributed by atoms with van der Waals surface area (Å²) in [6, 6.07) is 9.24. The first-order chi connectivity index (χ1) is 11.0. The molecule has 0 fully saturated rings. The van der Waals surface area contributed by atoms with E-state index in [9.17, 15) is 14.9 Å². The quantitative estimate of drug-likeness (QED) is 0.480. The number of ether oxygens (including phenoxy) is 1. The van der Waals surface area contributed by atoms with Crippen LogP contribution in [0.5, 0.6) is 0 Å². The molecule has 1 aliphatic rings. The number of hydrogen-bond donors (Lipinski definition) is 0. The number of ketones is 1. The lowest BCUT2D eigenvalue weighted by atomic mass is 10.2. The van der Waals surface area contributed by atoms with Crippen molar-refractivity contribution in [2.24, 2.45) is 5.10 Å². The smallest absolute Gasteiger partial charge is 0.351 e. The number of benzene rings is 1. The van der Waals surface area contributed by atoms with Crippen LogP contribution in [0.3, 0.4) is 0 Å². The Morgan fingerprint density at radius 3 is 2.52 bits per heavy atom. The summed E-state index contributed by atoms with van der Waals surface area (Å²) in [5.74, 6) is -0.960. The van der Waals surface area contributed by atoms with Gasteiger partial charge in [0.25, 0.3) is 0 Å². The zero-order valence-electron chi connectivity index (χ0n) is 13.0. The Morgan fingerprint density at radius 2 is 2.00 bits per heavy atom. The number of Topliss-reactive ketones (excluding diaryl/α,β-unsaturated/α-hetero) is 1. The molecule has 0 saturated heterocycles. The van der Waals surface area contributed by atoms with Crippen molar-refractivity contribution in [3.63, 3.8) is 0 Å². The third-order valence-electron chi connectivity index (χ3n) is 2.96. The van der Waals surface area contributed by atoms with Crippen LogP contribution in [0.1, 0.15) is 19.4 Å². The summed E-state index contributed by atoms with van der Waals surface area (Å²) in [6.07, 6.45) is 0. The molecule has 0 spiro atoms. The van der Waals surface area contributed by atoms with Crippen molar-refractivity contribution in [1.82, 2.24) is 0 Å². The van der Waals surface area contributed by atoms with Crippen LogP contribution in [0, 0.1) is 18.3 Å². The predicted molar refractivity (Wildman–Crippen MR) is 88.6 cm³/mol. The van der Waals surface area contributed by atoms with E-state index in [1.54, 1.807) is 6.92 Å². The third-order valence-corrected chi connectivity index (χ3v) is 4.09. The largest absolute Gasteiger partial charge is 0.462 e. The highest BCUT2D eigenvalue weighted by atomic mass is 32.2. The molecule has 0 radical (unpaired) electrons. The van der Waals surface area contributed by atoms with E-state index in [2.05, 4.69) is 5.10 Å². The summed E-state index contributed by atoms with van der Waals surface area (Å²) < 4.78 is 4.91. The van der Waals surface area contributed by atoms with E-state index in [1.165, 1.54) is 11.9 Å². The zero-order valence-corrected chi connectivity index (χ0v) is 13.8. The molecule has 2 rings (SSSR count). The van der Waals surface area contributed by atoms with Gasteiger partial charge in [0.15, 0.2) is 16.4 Å². The fraction of sp³-hybridized carbons (Fsp3) is 0.250. The maximum Gasteiger partial charge on any atom is 0.351 e. The maximum atomic E-state index is 12.0. The fourth-order valence-corrected chi connectivity index (χ4v) is 2.75. The molecule has 0 unspecified atom stereocenters. The minimum absolute atomic E-state index is 0.160. The molecule has 0 aliphatic carbocycles. The van der Waals surface area contributed by atoms with Gasteiger partial charge >= 0.3 is 5.97 Å². The van der Waals surface area contributed by atoms with Crippen LogP contribution in [0.2, 0.25) is 0 Å². The molecule has 0 amide bonds. The Morgan fingerprint density at radius 1 is 1.35 bits per heavy atom. The SMILES string of the molecule is CCOC(=O)/C(C#N)=C1\SC(C(C)=O)=NN1c1ccc(C)cc1. The van der Waals surface area contributed by atoms with Crippen LogP contribution >= 0.6 is 11.8 Å². The van der Waals surface area contributed by atoms with Gasteiger partial charge in [-0.05, 0) is 37.7 Å². The van der Waals surface area contributed by atoms with Crippen molar-refractivity contribution in [2.45, 2.75) is 20.8 Å². The molecular formula is C16H15N3O3S. The van der Waals surface area contributed by atoms with Gasteiger partial charge in [0.05, 0.1) is 12.3 Å². The summed E-state index contributed by atoms with van der Waals surface area (Å²) in [7, 11) is 0. The van der Waals surface area contributed by atoms with Gasteiger partial charge in [0.1, 0.15) is 11.1 Å². The number of nitriles is 1. The van der Waals surface area contributed by atoms with Crippen molar-refractivity contribution in [3.8, 4) is 6.07 Å². The van der Waals surface area contributed by atoms with Gasteiger partial charge in [0, 0.05) is 6.92 Å². The van der Waals surface area contributed by atoms with E-state index in [1.807, 2.05) is 37.3 Å². The van der Waals surface area contributed by atoms with Gasteiger partial charge in [-0.3, -0.25) is 4.79 Å². The number of rotatable bonds is 4. The highest BCUT2D eigenvalue weighted by Gasteiger charge is 2.31. The lowest BCUT2D eigenvalue weighted by Gasteiger charge is -2.16. The summed E-state index contributed by atoms with van der Waals surface area (Å²) in [4.78, 5) is 23.6. The van der Waals surface area contributed by atoms with Crippen LogP contribution in [-0.4, -0.2) is 23.4 Å². The topological polar surface area (TPSA) is 82.8 Å². The molecule has 0 saturated carbocycles. The van der Waals surface area contributed by atoms with Gasteiger partial charge in [-0.25, -0.2) is 9.80 Å². The molecule has 0 N–H and O–H groups in total. The van der Waals surface area contributed by atoms with Crippen molar-refractivity contribution < 1.29 is 14.3 Å². The molecule has 0 bridgehead atoms. The second-order valence-electron chi connectivity index (χ2n) is 4.72. The first-order valence-electron chi connectivity index (χ1n) is 6.93. The van der Waals surface area contributed by atoms with Gasteiger partial charge in [0.2, 0.25) is 0 Å². The Bertz CT molecular complexity index is 745. The highest BCUT2D eigenvalue weighted by molar-refractivity contribution is 8.19. The number of thioether (sulfide) groups is 1. The van der Waals surface area contributed by atoms with Gasteiger partial charge in [-0.15, -0.1) is 0 Å². The van der Waals surface area contributed by atoms with E-state index >= 15 is 0 Å². The summed E-state index contributed by atoms with van der Waals surface area (Å²) in [5, 5.41) is 15.5. The second-order valence-corrected chi connectivity index (χ2v) is 5.70. The van der Waals surface area contributed by atoms with Crippen LogP contribution in [0.15, 0.2) is 40.0 Å². The van der Waals surface area contributed by atoms with Crippen LogP contribution < -0.4 is 5.01 Å². The average Bonchev–Trinajstić information content (AvgIpc) is 2.94. The molecule has 118 valence electrons. The normalized spacial score (nSPS) is 15.7. The standard InChI is InChI=1S/C16H15N3O3S/c1-4-22-16(21)13(9-17)15-19(18-14(23-15)11(3)20)12-7-5-10(2)6-8-12/h5-8H,4H2,1-3H3/b15-13-. The van der Waals surface area contributed by atoms with E-state index < -0.39 is 5.97 Å². The number of hydrogen-bond acceptors (Lipinski definition) is 7. The number of nitrogens with zero attached hydrogens (tertiary/aromatic N) is 3. The number of carbonyl (C=O) groups is 2. The lowest BCUT2D eigenvalue weighted by Crippen LogP contribution is -2.16. The van der Waals surface area contributed by atoms with E-state index in [0.717, 1.165) is 17.3 Å². The van der Waals surface area contributed by atoms with Crippen molar-refractivity contribution in [2.75, 3.05) is 11.6 Å². The Kier molecular flexibility index (Phi) is 5.19. The second kappa shape index (κ2) is 7.11. The number of carbonyl (C=O) groups excluding carboxylic acids is 2. The van der Waals surface area contributed by atoms with Crippen molar-refractivity contribution in [1.29, 1.82) is 5.26 Å². The van der Waals surface area contributed by atoms with Crippen molar-refractivity contribution >= 4 is 34.2 Å². The summed E-state index contributed by atoms with van der Waals surface area (Å²) in [5.41, 5.74) is 1.55. The van der Waals surface area contributed by atoms with E-state index in [-0.39, 0.29) is 28.0 Å². The highest BCUT2D eigenvalue weighted by Crippen LogP contribution is 2.37. The first-order valence-corrected chi connectivity index (χ1v) is 7.75. The van der Waals surface area contributed by atoms with Crippen LogP contribution in [0.25, 0.3) is 0 Å². The maximum absolute atomic E-state index is 12.0. The molecule has 7 heteroatoms. The molecule has 0 atom stereocenters. The molecule has 23 heavy (non-hydrogen) atoms. The van der Waals surface area contributed by atoms with Gasteiger partial charge < -0.3 is 4.74 Å². The number of anilines is 1. The molecular weight excluding hydrogens is 314 g/mol. The molecule has 1 aliphatic heterocycles. The fourth-order valence-electron chi connectivity index (χ4n) is 1.84. The molecule has 0 aromatic heterocycles. The summed E-state index contributed by atoms with van der Waals surface area (Å²) in [6.45, 7) is 5.16. The Balaban J connectivity index is 2.53. The average molecular weight is 329 g/mol. The van der Waals surface area contributed by atoms with E-state index in [0.29, 0.717) is 5.69 Å². The zero-order chi connectivity index (χ0) is 17.0. The molecule has 1 aromatic rings. The first kappa shape index (κ1) is 16.8. The number of hydrazone groups is 1. The number of esters is 1. The molecule has 1 heterocycles. The lowest BCUT2D eigenvalue weighted by molar-refractivity contribution is -0.138. The van der Waals surface area contributed by atoms with Gasteiger partial charge in [-0.2, -0.15) is 10.4 Å². The minimum Gasteiger partial charge on any atom is -0.462 e. The minimum atomic E-state index is -0.727. The Labute approximate surface area is 138 Å². The number of aryl methyl sites for hydroxylation is 1. The molecule has 1 aromatic carbocycles. The van der Waals surface area contributed by atoms with Crippen LogP contribution in [0.4, 0.5) is 5.69 Å². The third kappa shape index (κ3) is 3.60. The van der Waals surface area contributed by atoms with E-state index in [4.69, 9.17) is 4.74 Å².